The number of nitrogens with zero attached hydrogens (tertiary/aromatic N) is 1. The van der Waals surface area contributed by atoms with E-state index >= 15 is 0 Å². The number of ether oxygens (including phenoxy) is 1. The van der Waals surface area contributed by atoms with Crippen LogP contribution in [-0.4, -0.2) is 17.2 Å². The van der Waals surface area contributed by atoms with Crippen LogP contribution < -0.4 is 0 Å². The topological polar surface area (TPSA) is 72.2 Å². The normalized spacial score (nSPS) is 12.5. The molecule has 0 spiro atoms. The van der Waals surface area contributed by atoms with Crippen LogP contribution in [0, 0.1) is 0 Å². The first kappa shape index (κ1) is 9.57. The van der Waals surface area contributed by atoms with E-state index < -0.39 is 11.9 Å². The maximum atomic E-state index is 11.1. The highest BCUT2D eigenvalue weighted by molar-refractivity contribution is 5.87. The quantitative estimate of drug-likeness (QED) is 0.671. The predicted molar refractivity (Wildman–Crippen MR) is 41.8 cm³/mol. The number of carbonyl (C=O) groups excluding carboxylic acids is 1. The molecule has 0 saturated carbocycles. The van der Waals surface area contributed by atoms with Gasteiger partial charge in [0.05, 0.1) is 12.2 Å². The molecule has 0 amide bonds. The summed E-state index contributed by atoms with van der Waals surface area (Å²) in [6, 6.07) is 1.00. The molecule has 1 atom stereocenters. The molecule has 1 rings (SSSR count). The summed E-state index contributed by atoms with van der Waals surface area (Å²) < 4.78 is 9.09. The fourth-order valence-corrected chi connectivity index (χ4v) is 0.681. The van der Waals surface area contributed by atoms with Crippen LogP contribution in [0.25, 0.3) is 0 Å². The SMILES string of the molecule is CCC(C)OC(=O)c1cc([O])on1. The summed E-state index contributed by atoms with van der Waals surface area (Å²) >= 11 is 0. The lowest BCUT2D eigenvalue weighted by Gasteiger charge is -2.07. The van der Waals surface area contributed by atoms with Crippen molar-refractivity contribution in [1.82, 2.24) is 5.16 Å². The van der Waals surface area contributed by atoms with Crippen molar-refractivity contribution < 1.29 is 19.2 Å². The first-order valence-electron chi connectivity index (χ1n) is 3.98. The van der Waals surface area contributed by atoms with Gasteiger partial charge in [-0.05, 0) is 13.3 Å². The van der Waals surface area contributed by atoms with E-state index in [0.717, 1.165) is 6.07 Å². The van der Waals surface area contributed by atoms with E-state index in [9.17, 15) is 9.90 Å². The van der Waals surface area contributed by atoms with Crippen LogP contribution in [-0.2, 0) is 9.84 Å². The zero-order valence-corrected chi connectivity index (χ0v) is 7.44. The molecule has 0 fully saturated rings. The van der Waals surface area contributed by atoms with Crippen molar-refractivity contribution in [3.63, 3.8) is 0 Å². The largest absolute Gasteiger partial charge is 0.458 e. The maximum Gasteiger partial charge on any atom is 0.361 e. The molecular weight excluding hydrogens is 174 g/mol. The molecule has 1 aromatic heterocycles. The third kappa shape index (κ3) is 2.47. The van der Waals surface area contributed by atoms with E-state index in [4.69, 9.17) is 4.74 Å². The zero-order chi connectivity index (χ0) is 9.84. The summed E-state index contributed by atoms with van der Waals surface area (Å²) in [4.78, 5) is 11.1. The Bertz CT molecular complexity index is 294. The van der Waals surface area contributed by atoms with E-state index in [2.05, 4.69) is 9.68 Å². The molecule has 0 aliphatic heterocycles. The van der Waals surface area contributed by atoms with Gasteiger partial charge < -0.3 is 9.26 Å². The Morgan fingerprint density at radius 1 is 1.77 bits per heavy atom. The van der Waals surface area contributed by atoms with Crippen LogP contribution in [0.4, 0.5) is 0 Å². The molecule has 1 aromatic rings. The third-order valence-electron chi connectivity index (χ3n) is 1.58. The summed E-state index contributed by atoms with van der Waals surface area (Å²) in [6.45, 7) is 3.65. The van der Waals surface area contributed by atoms with Gasteiger partial charge in [-0.25, -0.2) is 9.90 Å². The molecule has 1 heterocycles. The van der Waals surface area contributed by atoms with Crippen molar-refractivity contribution in [2.75, 3.05) is 0 Å². The minimum atomic E-state index is -0.642. The average molecular weight is 184 g/mol. The second-order valence-electron chi connectivity index (χ2n) is 2.66. The van der Waals surface area contributed by atoms with Crippen LogP contribution >= 0.6 is 0 Å². The molecule has 0 bridgehead atoms. The summed E-state index contributed by atoms with van der Waals surface area (Å²) in [5.41, 5.74) is -0.0784. The molecule has 0 aromatic carbocycles. The Morgan fingerprint density at radius 3 is 2.92 bits per heavy atom. The van der Waals surface area contributed by atoms with Gasteiger partial charge in [0.15, 0.2) is 5.69 Å². The van der Waals surface area contributed by atoms with Gasteiger partial charge in [0.2, 0.25) is 0 Å². The van der Waals surface area contributed by atoms with Crippen LogP contribution in [0.2, 0.25) is 0 Å². The second-order valence-corrected chi connectivity index (χ2v) is 2.66. The Kier molecular flexibility index (Phi) is 2.89. The maximum absolute atomic E-state index is 11.1. The lowest BCUT2D eigenvalue weighted by atomic mass is 10.3. The van der Waals surface area contributed by atoms with Crippen molar-refractivity contribution in [3.8, 4) is 5.95 Å². The highest BCUT2D eigenvalue weighted by atomic mass is 16.6. The Morgan fingerprint density at radius 2 is 2.46 bits per heavy atom. The molecule has 5 heteroatoms. The molecule has 13 heavy (non-hydrogen) atoms. The standard InChI is InChI=1S/C8H10NO4/c1-3-5(2)12-8(11)6-4-7(10)13-9-6/h4-5H,3H2,1-2H3. The smallest absolute Gasteiger partial charge is 0.361 e. The van der Waals surface area contributed by atoms with Crippen LogP contribution in [0.1, 0.15) is 30.8 Å². The second kappa shape index (κ2) is 3.93. The number of carbonyl (C=O) groups is 1. The van der Waals surface area contributed by atoms with Gasteiger partial charge in [-0.2, -0.15) is 0 Å². The highest BCUT2D eigenvalue weighted by Crippen LogP contribution is 2.12. The number of hydrogen-bond acceptors (Lipinski definition) is 4. The van der Waals surface area contributed by atoms with Crippen molar-refractivity contribution in [2.45, 2.75) is 26.4 Å². The number of hydrogen-bond donors (Lipinski definition) is 0. The van der Waals surface area contributed by atoms with Gasteiger partial charge in [-0.15, -0.1) is 0 Å². The van der Waals surface area contributed by atoms with Gasteiger partial charge in [-0.3, -0.25) is 0 Å². The lowest BCUT2D eigenvalue weighted by molar-refractivity contribution is 0.0322. The Labute approximate surface area is 75.3 Å². The number of esters is 1. The van der Waals surface area contributed by atoms with E-state index in [1.165, 1.54) is 0 Å². The molecular formula is C8H10NO4. The summed E-state index contributed by atoms with van der Waals surface area (Å²) in [5.74, 6) is -1.27. The van der Waals surface area contributed by atoms with E-state index in [0.29, 0.717) is 6.42 Å². The van der Waals surface area contributed by atoms with Gasteiger partial charge in [0, 0.05) is 0 Å². The molecule has 0 saturated heterocycles. The minimum absolute atomic E-state index is 0.0784. The van der Waals surface area contributed by atoms with E-state index in [1.54, 1.807) is 6.92 Å². The van der Waals surface area contributed by atoms with Crippen LogP contribution in [0.3, 0.4) is 0 Å². The first-order chi connectivity index (χ1) is 6.13. The van der Waals surface area contributed by atoms with Crippen molar-refractivity contribution >= 4 is 5.97 Å². The molecule has 0 aliphatic rings. The monoisotopic (exact) mass is 184 g/mol. The number of aromatic nitrogens is 1. The van der Waals surface area contributed by atoms with Crippen LogP contribution in [0.5, 0.6) is 5.95 Å². The molecule has 0 aliphatic carbocycles. The molecule has 0 N–H and O–H groups in total. The molecule has 71 valence electrons. The van der Waals surface area contributed by atoms with Gasteiger partial charge in [-0.1, -0.05) is 12.1 Å². The van der Waals surface area contributed by atoms with Crippen molar-refractivity contribution in [3.05, 3.63) is 11.8 Å². The Balaban J connectivity index is 2.58. The fraction of sp³-hybridized carbons (Fsp3) is 0.500. The summed E-state index contributed by atoms with van der Waals surface area (Å²) in [5, 5.41) is 13.8. The predicted octanol–water partition coefficient (Wildman–Crippen LogP) is 1.77. The lowest BCUT2D eigenvalue weighted by Crippen LogP contribution is -2.14. The minimum Gasteiger partial charge on any atom is -0.458 e. The highest BCUT2D eigenvalue weighted by Gasteiger charge is 2.16. The van der Waals surface area contributed by atoms with Gasteiger partial charge in [0.1, 0.15) is 0 Å². The van der Waals surface area contributed by atoms with E-state index in [-0.39, 0.29) is 11.8 Å². The number of rotatable bonds is 3. The molecule has 1 radical (unpaired) electrons. The third-order valence-corrected chi connectivity index (χ3v) is 1.58. The average Bonchev–Trinajstić information content (AvgIpc) is 2.51. The molecule has 1 unspecified atom stereocenters. The zero-order valence-electron chi connectivity index (χ0n) is 7.44. The van der Waals surface area contributed by atoms with Gasteiger partial charge >= 0.3 is 11.9 Å². The van der Waals surface area contributed by atoms with Crippen molar-refractivity contribution in [1.29, 1.82) is 0 Å². The van der Waals surface area contributed by atoms with Crippen LogP contribution in [0.15, 0.2) is 10.6 Å². The fourth-order valence-electron chi connectivity index (χ4n) is 0.681. The van der Waals surface area contributed by atoms with Crippen molar-refractivity contribution in [2.24, 2.45) is 0 Å². The molecule has 5 nitrogen and oxygen atoms in total. The first-order valence-corrected chi connectivity index (χ1v) is 3.98. The Hall–Kier alpha value is -1.52. The van der Waals surface area contributed by atoms with E-state index in [1.807, 2.05) is 6.92 Å². The summed E-state index contributed by atoms with van der Waals surface area (Å²) in [7, 11) is 0. The summed E-state index contributed by atoms with van der Waals surface area (Å²) in [6.07, 6.45) is 0.535. The van der Waals surface area contributed by atoms with Gasteiger partial charge in [0.25, 0.3) is 0 Å².